The van der Waals surface area contributed by atoms with Crippen molar-refractivity contribution < 1.29 is 12.8 Å². The van der Waals surface area contributed by atoms with E-state index in [9.17, 15) is 12.8 Å². The van der Waals surface area contributed by atoms with Crippen molar-refractivity contribution in [1.29, 1.82) is 0 Å². The third kappa shape index (κ3) is 4.79. The second kappa shape index (κ2) is 7.24. The molecule has 1 aromatic rings. The van der Waals surface area contributed by atoms with Gasteiger partial charge in [-0.05, 0) is 49.5 Å². The molecule has 1 aliphatic heterocycles. The van der Waals surface area contributed by atoms with E-state index >= 15 is 0 Å². The maximum Gasteiger partial charge on any atom is 0.242 e. The summed E-state index contributed by atoms with van der Waals surface area (Å²) in [7, 11) is -3.79. The molecule has 0 spiro atoms. The summed E-state index contributed by atoms with van der Waals surface area (Å²) < 4.78 is 40.2. The molecular formula is C13H19Cl2FN2O2S. The van der Waals surface area contributed by atoms with Crippen molar-refractivity contribution >= 4 is 34.0 Å². The van der Waals surface area contributed by atoms with E-state index in [1.807, 2.05) is 6.92 Å². The minimum atomic E-state index is -3.79. The fourth-order valence-corrected chi connectivity index (χ4v) is 3.95. The molecule has 21 heavy (non-hydrogen) atoms. The fraction of sp³-hybridized carbons (Fsp3) is 0.538. The van der Waals surface area contributed by atoms with Crippen LogP contribution in [-0.2, 0) is 10.0 Å². The highest BCUT2D eigenvalue weighted by atomic mass is 35.5. The molecule has 2 N–H and O–H groups in total. The van der Waals surface area contributed by atoms with Crippen molar-refractivity contribution in [1.82, 2.24) is 10.0 Å². The van der Waals surface area contributed by atoms with Crippen LogP contribution in [0.1, 0.15) is 19.8 Å². The highest BCUT2D eigenvalue weighted by Crippen LogP contribution is 2.28. The maximum absolute atomic E-state index is 13.2. The van der Waals surface area contributed by atoms with Crippen LogP contribution in [0.5, 0.6) is 0 Å². The molecule has 120 valence electrons. The number of benzene rings is 1. The number of hydrogen-bond donors (Lipinski definition) is 2. The quantitative estimate of drug-likeness (QED) is 0.871. The topological polar surface area (TPSA) is 58.2 Å². The molecule has 1 heterocycles. The highest BCUT2D eigenvalue weighted by Gasteiger charge is 2.29. The van der Waals surface area contributed by atoms with E-state index in [1.165, 1.54) is 6.07 Å². The first kappa shape index (κ1) is 18.6. The van der Waals surface area contributed by atoms with E-state index in [0.717, 1.165) is 38.1 Å². The first-order chi connectivity index (χ1) is 9.32. The van der Waals surface area contributed by atoms with Crippen molar-refractivity contribution in [3.8, 4) is 0 Å². The molecule has 0 saturated carbocycles. The molecule has 1 fully saturated rings. The van der Waals surface area contributed by atoms with Gasteiger partial charge in [-0.2, -0.15) is 0 Å². The molecule has 1 saturated heterocycles. The Morgan fingerprint density at radius 1 is 1.38 bits per heavy atom. The molecule has 0 aromatic heterocycles. The molecule has 0 aliphatic carbocycles. The Balaban J connectivity index is 0.00000220. The smallest absolute Gasteiger partial charge is 0.242 e. The minimum absolute atomic E-state index is 0. The number of piperidine rings is 1. The Morgan fingerprint density at radius 2 is 2.00 bits per heavy atom. The number of halogens is 3. The Bertz CT molecular complexity index is 590. The molecule has 2 rings (SSSR count). The standard InChI is InChI=1S/C13H18ClFN2O2S.ClH/c1-13(4-6-16-7-5-13)9-17-20(18,19)12-8-10(15)2-3-11(12)14;/h2-3,8,16-17H,4-7,9H2,1H3;1H. The molecule has 0 unspecified atom stereocenters. The largest absolute Gasteiger partial charge is 0.317 e. The summed E-state index contributed by atoms with van der Waals surface area (Å²) >= 11 is 5.84. The molecule has 4 nitrogen and oxygen atoms in total. The molecular weight excluding hydrogens is 338 g/mol. The summed E-state index contributed by atoms with van der Waals surface area (Å²) in [5, 5.41) is 3.26. The second-order valence-corrected chi connectivity index (χ2v) is 7.60. The van der Waals surface area contributed by atoms with Crippen LogP contribution in [0.15, 0.2) is 23.1 Å². The van der Waals surface area contributed by atoms with Crippen LogP contribution in [0.25, 0.3) is 0 Å². The van der Waals surface area contributed by atoms with E-state index in [0.29, 0.717) is 6.54 Å². The number of hydrogen-bond acceptors (Lipinski definition) is 3. The first-order valence-corrected chi connectivity index (χ1v) is 8.34. The van der Waals surface area contributed by atoms with Gasteiger partial charge in [0.2, 0.25) is 10.0 Å². The van der Waals surface area contributed by atoms with Crippen LogP contribution in [0.4, 0.5) is 4.39 Å². The lowest BCUT2D eigenvalue weighted by molar-refractivity contribution is 0.232. The second-order valence-electron chi connectivity index (χ2n) is 5.46. The zero-order valence-electron chi connectivity index (χ0n) is 11.7. The first-order valence-electron chi connectivity index (χ1n) is 6.48. The van der Waals surface area contributed by atoms with Crippen LogP contribution in [-0.4, -0.2) is 28.1 Å². The van der Waals surface area contributed by atoms with Crippen molar-refractivity contribution in [3.05, 3.63) is 29.0 Å². The van der Waals surface area contributed by atoms with E-state index in [1.54, 1.807) is 0 Å². The van der Waals surface area contributed by atoms with Crippen molar-refractivity contribution in [2.24, 2.45) is 5.41 Å². The van der Waals surface area contributed by atoms with Gasteiger partial charge in [0.05, 0.1) is 5.02 Å². The maximum atomic E-state index is 13.2. The fourth-order valence-electron chi connectivity index (χ4n) is 2.24. The molecule has 0 amide bonds. The lowest BCUT2D eigenvalue weighted by Gasteiger charge is -2.34. The van der Waals surface area contributed by atoms with E-state index in [4.69, 9.17) is 11.6 Å². The SMILES string of the molecule is CC1(CNS(=O)(=O)c2cc(F)ccc2Cl)CCNCC1.Cl. The number of nitrogens with one attached hydrogen (secondary N) is 2. The van der Waals surface area contributed by atoms with Crippen LogP contribution >= 0.6 is 24.0 Å². The average Bonchev–Trinajstić information content (AvgIpc) is 2.40. The zero-order valence-corrected chi connectivity index (χ0v) is 14.0. The molecule has 0 atom stereocenters. The van der Waals surface area contributed by atoms with Gasteiger partial charge < -0.3 is 5.32 Å². The Kier molecular flexibility index (Phi) is 6.43. The van der Waals surface area contributed by atoms with Gasteiger partial charge in [-0.15, -0.1) is 12.4 Å². The van der Waals surface area contributed by atoms with Gasteiger partial charge in [-0.25, -0.2) is 17.5 Å². The van der Waals surface area contributed by atoms with Crippen LogP contribution < -0.4 is 10.0 Å². The highest BCUT2D eigenvalue weighted by molar-refractivity contribution is 7.89. The summed E-state index contributed by atoms with van der Waals surface area (Å²) in [6, 6.07) is 3.32. The monoisotopic (exact) mass is 356 g/mol. The summed E-state index contributed by atoms with van der Waals surface area (Å²) in [5.74, 6) is -0.622. The molecule has 1 aliphatic rings. The molecule has 0 radical (unpaired) electrons. The van der Waals surface area contributed by atoms with Gasteiger partial charge in [0.25, 0.3) is 0 Å². The van der Waals surface area contributed by atoms with Crippen LogP contribution in [0, 0.1) is 11.2 Å². The summed E-state index contributed by atoms with van der Waals surface area (Å²) in [5.41, 5.74) is -0.0852. The number of sulfonamides is 1. The van der Waals surface area contributed by atoms with Gasteiger partial charge in [0.1, 0.15) is 10.7 Å². The Morgan fingerprint density at radius 3 is 2.62 bits per heavy atom. The lowest BCUT2D eigenvalue weighted by atomic mass is 9.81. The van der Waals surface area contributed by atoms with Crippen LogP contribution in [0.3, 0.4) is 0 Å². The van der Waals surface area contributed by atoms with Crippen LogP contribution in [0.2, 0.25) is 5.02 Å². The van der Waals surface area contributed by atoms with Gasteiger partial charge >= 0.3 is 0 Å². The summed E-state index contributed by atoms with van der Waals surface area (Å²) in [4.78, 5) is -0.211. The van der Waals surface area contributed by atoms with Crippen molar-refractivity contribution in [2.45, 2.75) is 24.7 Å². The third-order valence-corrected chi connectivity index (χ3v) is 5.57. The van der Waals surface area contributed by atoms with Crippen molar-refractivity contribution in [3.63, 3.8) is 0 Å². The molecule has 8 heteroatoms. The normalized spacial score (nSPS) is 18.0. The summed E-state index contributed by atoms with van der Waals surface area (Å²) in [6.45, 7) is 4.12. The van der Waals surface area contributed by atoms with Crippen molar-refractivity contribution in [2.75, 3.05) is 19.6 Å². The number of rotatable bonds is 4. The zero-order chi connectivity index (χ0) is 14.8. The summed E-state index contributed by atoms with van der Waals surface area (Å²) in [6.07, 6.45) is 1.79. The van der Waals surface area contributed by atoms with E-state index in [-0.39, 0.29) is 27.7 Å². The van der Waals surface area contributed by atoms with E-state index in [2.05, 4.69) is 10.0 Å². The predicted molar refractivity (Wildman–Crippen MR) is 84.1 cm³/mol. The average molecular weight is 357 g/mol. The van der Waals surface area contributed by atoms with Gasteiger partial charge in [0.15, 0.2) is 0 Å². The van der Waals surface area contributed by atoms with Gasteiger partial charge in [-0.1, -0.05) is 18.5 Å². The molecule has 1 aromatic carbocycles. The predicted octanol–water partition coefficient (Wildman–Crippen LogP) is 2.57. The Hall–Kier alpha value is -0.400. The van der Waals surface area contributed by atoms with E-state index < -0.39 is 15.8 Å². The third-order valence-electron chi connectivity index (χ3n) is 3.68. The van der Waals surface area contributed by atoms with Gasteiger partial charge in [-0.3, -0.25) is 0 Å². The Labute approximate surface area is 135 Å². The molecule has 0 bridgehead atoms. The van der Waals surface area contributed by atoms with Gasteiger partial charge in [0, 0.05) is 6.54 Å². The minimum Gasteiger partial charge on any atom is -0.317 e. The lowest BCUT2D eigenvalue weighted by Crippen LogP contribution is -2.42.